The first-order valence-corrected chi connectivity index (χ1v) is 6.87. The first kappa shape index (κ1) is 12.6. The molecule has 1 saturated carbocycles. The van der Waals surface area contributed by atoms with Gasteiger partial charge >= 0.3 is 0 Å². The van der Waals surface area contributed by atoms with E-state index in [9.17, 15) is 5.11 Å². The molecule has 96 valence electrons. The predicted molar refractivity (Wildman–Crippen MR) is 66.5 cm³/mol. The van der Waals surface area contributed by atoms with Crippen molar-refractivity contribution in [2.75, 3.05) is 0 Å². The molecule has 1 aliphatic rings. The molecule has 1 fully saturated rings. The molecule has 0 amide bonds. The maximum Gasteiger partial charge on any atom is 0.158 e. The number of aromatic nitrogens is 3. The lowest BCUT2D eigenvalue weighted by atomic mass is 9.87. The number of hydrogen-bond donors (Lipinski definition) is 1. The van der Waals surface area contributed by atoms with Crippen LogP contribution < -0.4 is 0 Å². The zero-order valence-corrected chi connectivity index (χ0v) is 10.7. The van der Waals surface area contributed by atoms with Gasteiger partial charge in [0.25, 0.3) is 0 Å². The molecule has 2 rings (SSSR count). The van der Waals surface area contributed by atoms with E-state index in [4.69, 9.17) is 0 Å². The summed E-state index contributed by atoms with van der Waals surface area (Å²) in [5.41, 5.74) is 0. The highest BCUT2D eigenvalue weighted by Gasteiger charge is 2.18. The number of rotatable bonds is 5. The smallest absolute Gasteiger partial charge is 0.158 e. The minimum Gasteiger partial charge on any atom is -0.388 e. The maximum absolute atomic E-state index is 9.24. The Bertz CT molecular complexity index is 342. The van der Waals surface area contributed by atoms with E-state index in [-0.39, 0.29) is 6.61 Å². The SMILES string of the molecule is CCCn1c(CO)nnc1CC1CCCCC1. The lowest BCUT2D eigenvalue weighted by Crippen LogP contribution is -2.14. The lowest BCUT2D eigenvalue weighted by molar-refractivity contribution is 0.263. The van der Waals surface area contributed by atoms with Gasteiger partial charge in [-0.25, -0.2) is 0 Å². The molecule has 0 atom stereocenters. The van der Waals surface area contributed by atoms with Crippen molar-refractivity contribution in [1.82, 2.24) is 14.8 Å². The summed E-state index contributed by atoms with van der Waals surface area (Å²) in [5.74, 6) is 2.57. The highest BCUT2D eigenvalue weighted by molar-refractivity contribution is 4.96. The summed E-state index contributed by atoms with van der Waals surface area (Å²) >= 11 is 0. The molecule has 0 bridgehead atoms. The topological polar surface area (TPSA) is 50.9 Å². The van der Waals surface area contributed by atoms with Gasteiger partial charge in [0.2, 0.25) is 0 Å². The molecule has 1 N–H and O–H groups in total. The van der Waals surface area contributed by atoms with Gasteiger partial charge in [-0.1, -0.05) is 39.0 Å². The van der Waals surface area contributed by atoms with Crippen LogP contribution in [0, 0.1) is 5.92 Å². The fourth-order valence-corrected chi connectivity index (χ4v) is 2.77. The van der Waals surface area contributed by atoms with E-state index in [2.05, 4.69) is 21.7 Å². The largest absolute Gasteiger partial charge is 0.388 e. The minimum atomic E-state index is -0.00231. The van der Waals surface area contributed by atoms with Crippen molar-refractivity contribution < 1.29 is 5.11 Å². The summed E-state index contributed by atoms with van der Waals surface area (Å²) in [4.78, 5) is 0. The van der Waals surface area contributed by atoms with Gasteiger partial charge in [-0.05, 0) is 12.3 Å². The highest BCUT2D eigenvalue weighted by Crippen LogP contribution is 2.26. The van der Waals surface area contributed by atoms with E-state index in [0.29, 0.717) is 0 Å². The van der Waals surface area contributed by atoms with Gasteiger partial charge in [-0.2, -0.15) is 0 Å². The van der Waals surface area contributed by atoms with Crippen LogP contribution in [0.5, 0.6) is 0 Å². The molecule has 4 heteroatoms. The summed E-state index contributed by atoms with van der Waals surface area (Å²) in [7, 11) is 0. The Morgan fingerprint density at radius 2 is 1.88 bits per heavy atom. The van der Waals surface area contributed by atoms with Crippen LogP contribution in [0.2, 0.25) is 0 Å². The van der Waals surface area contributed by atoms with Crippen molar-refractivity contribution in [3.63, 3.8) is 0 Å². The van der Waals surface area contributed by atoms with E-state index >= 15 is 0 Å². The van der Waals surface area contributed by atoms with Crippen LogP contribution in [0.25, 0.3) is 0 Å². The normalized spacial score (nSPS) is 17.5. The fourth-order valence-electron chi connectivity index (χ4n) is 2.77. The molecule has 0 radical (unpaired) electrons. The van der Waals surface area contributed by atoms with Crippen LogP contribution in [0.15, 0.2) is 0 Å². The van der Waals surface area contributed by atoms with Crippen LogP contribution in [-0.2, 0) is 19.6 Å². The predicted octanol–water partition coefficient (Wildman–Crippen LogP) is 2.30. The average Bonchev–Trinajstić information content (AvgIpc) is 2.74. The fraction of sp³-hybridized carbons (Fsp3) is 0.846. The first-order valence-electron chi connectivity index (χ1n) is 6.87. The summed E-state index contributed by atoms with van der Waals surface area (Å²) in [6, 6.07) is 0. The van der Waals surface area contributed by atoms with Gasteiger partial charge in [0.05, 0.1) is 0 Å². The molecule has 1 heterocycles. The molecule has 1 aliphatic carbocycles. The van der Waals surface area contributed by atoms with Gasteiger partial charge in [0.1, 0.15) is 12.4 Å². The van der Waals surface area contributed by atoms with E-state index in [1.807, 2.05) is 0 Å². The molecule has 17 heavy (non-hydrogen) atoms. The molecule has 0 saturated heterocycles. The Kier molecular flexibility index (Phi) is 4.54. The van der Waals surface area contributed by atoms with Crippen molar-refractivity contribution in [3.8, 4) is 0 Å². The third-order valence-corrected chi connectivity index (χ3v) is 3.69. The molecular weight excluding hydrogens is 214 g/mol. The third kappa shape index (κ3) is 3.06. The van der Waals surface area contributed by atoms with Gasteiger partial charge < -0.3 is 9.67 Å². The van der Waals surface area contributed by atoms with E-state index in [1.165, 1.54) is 32.1 Å². The molecule has 1 aromatic rings. The Morgan fingerprint density at radius 3 is 2.53 bits per heavy atom. The van der Waals surface area contributed by atoms with Crippen molar-refractivity contribution in [2.24, 2.45) is 5.92 Å². The molecule has 0 aliphatic heterocycles. The summed E-state index contributed by atoms with van der Waals surface area (Å²) < 4.78 is 2.11. The summed E-state index contributed by atoms with van der Waals surface area (Å²) in [5, 5.41) is 17.6. The molecular formula is C13H23N3O. The van der Waals surface area contributed by atoms with Crippen LogP contribution in [0.3, 0.4) is 0 Å². The Labute approximate surface area is 103 Å². The third-order valence-electron chi connectivity index (χ3n) is 3.69. The molecule has 1 aromatic heterocycles. The molecule has 0 unspecified atom stereocenters. The number of nitrogens with zero attached hydrogens (tertiary/aromatic N) is 3. The van der Waals surface area contributed by atoms with Crippen molar-refractivity contribution in [1.29, 1.82) is 0 Å². The Balaban J connectivity index is 2.05. The second kappa shape index (κ2) is 6.15. The first-order chi connectivity index (χ1) is 8.35. The van der Waals surface area contributed by atoms with Crippen LogP contribution in [0.4, 0.5) is 0 Å². The van der Waals surface area contributed by atoms with Crippen LogP contribution in [0.1, 0.15) is 57.1 Å². The van der Waals surface area contributed by atoms with Gasteiger partial charge in [-0.15, -0.1) is 10.2 Å². The monoisotopic (exact) mass is 237 g/mol. The van der Waals surface area contributed by atoms with Crippen molar-refractivity contribution in [2.45, 2.75) is 65.0 Å². The van der Waals surface area contributed by atoms with Gasteiger partial charge in [0, 0.05) is 13.0 Å². The average molecular weight is 237 g/mol. The quantitative estimate of drug-likeness (QED) is 0.855. The lowest BCUT2D eigenvalue weighted by Gasteiger charge is -2.21. The van der Waals surface area contributed by atoms with E-state index < -0.39 is 0 Å². The minimum absolute atomic E-state index is 0.00231. The number of aliphatic hydroxyl groups is 1. The van der Waals surface area contributed by atoms with Crippen LogP contribution in [-0.4, -0.2) is 19.9 Å². The Hall–Kier alpha value is -0.900. The van der Waals surface area contributed by atoms with Crippen LogP contribution >= 0.6 is 0 Å². The molecule has 0 spiro atoms. The number of hydrogen-bond acceptors (Lipinski definition) is 3. The second-order valence-electron chi connectivity index (χ2n) is 5.05. The summed E-state index contributed by atoms with van der Waals surface area (Å²) in [6.45, 7) is 3.06. The standard InChI is InChI=1S/C13H23N3O/c1-2-8-16-12(14-15-13(16)10-17)9-11-6-4-3-5-7-11/h11,17H,2-10H2,1H3. The zero-order chi connectivity index (χ0) is 12.1. The Morgan fingerprint density at radius 1 is 1.18 bits per heavy atom. The summed E-state index contributed by atoms with van der Waals surface area (Å²) in [6.07, 6.45) is 8.86. The molecule has 0 aromatic carbocycles. The van der Waals surface area contributed by atoms with E-state index in [0.717, 1.165) is 37.0 Å². The van der Waals surface area contributed by atoms with Crippen molar-refractivity contribution in [3.05, 3.63) is 11.6 Å². The van der Waals surface area contributed by atoms with Gasteiger partial charge in [0.15, 0.2) is 5.82 Å². The highest BCUT2D eigenvalue weighted by atomic mass is 16.3. The second-order valence-corrected chi connectivity index (χ2v) is 5.05. The maximum atomic E-state index is 9.24. The molecule has 4 nitrogen and oxygen atoms in total. The van der Waals surface area contributed by atoms with Crippen molar-refractivity contribution >= 4 is 0 Å². The zero-order valence-electron chi connectivity index (χ0n) is 10.7. The van der Waals surface area contributed by atoms with Gasteiger partial charge in [-0.3, -0.25) is 0 Å². The van der Waals surface area contributed by atoms with E-state index in [1.54, 1.807) is 0 Å². The number of aliphatic hydroxyl groups excluding tert-OH is 1.